The summed E-state index contributed by atoms with van der Waals surface area (Å²) < 4.78 is 0. The molecule has 0 aliphatic heterocycles. The first kappa shape index (κ1) is 7.75. The molecule has 0 heterocycles. The van der Waals surface area contributed by atoms with E-state index in [-0.39, 0.29) is 0 Å². The molecule has 0 atom stereocenters. The number of aliphatic carboxylic acids is 1. The fraction of sp³-hybridized carbons (Fsp3) is 0.167. The van der Waals surface area contributed by atoms with Gasteiger partial charge in [0.05, 0.1) is 0 Å². The van der Waals surface area contributed by atoms with Crippen LogP contribution < -0.4 is 5.11 Å². The van der Waals surface area contributed by atoms with Crippen LogP contribution in [0.5, 0.6) is 0 Å². The maximum atomic E-state index is 10.2. The minimum Gasteiger partial charge on any atom is -0.868 e. The van der Waals surface area contributed by atoms with Gasteiger partial charge in [-0.3, -0.25) is 0 Å². The van der Waals surface area contributed by atoms with E-state index in [1.165, 1.54) is 6.08 Å². The standard InChI is InChI=1S/C6H8O3/c1-2-3-4-5(7)6(8)9/h2-4,7H,1H3,(H,8,9)/p-1/b3-2-,5-4-. The molecule has 0 aromatic carbocycles. The highest BCUT2D eigenvalue weighted by atomic mass is 16.4. The average Bonchev–Trinajstić information content (AvgIpc) is 1.82. The Morgan fingerprint density at radius 2 is 2.22 bits per heavy atom. The quantitative estimate of drug-likeness (QED) is 0.320. The third kappa shape index (κ3) is 3.34. The molecule has 0 amide bonds. The zero-order chi connectivity index (χ0) is 7.28. The second-order valence-corrected chi connectivity index (χ2v) is 1.36. The van der Waals surface area contributed by atoms with Gasteiger partial charge in [-0.15, -0.1) is 0 Å². The lowest BCUT2D eigenvalue weighted by Crippen LogP contribution is -2.13. The maximum absolute atomic E-state index is 10.2. The minimum atomic E-state index is -1.42. The summed E-state index contributed by atoms with van der Waals surface area (Å²) in [7, 11) is 0. The Kier molecular flexibility index (Phi) is 3.20. The van der Waals surface area contributed by atoms with Gasteiger partial charge in [-0.25, -0.2) is 4.79 Å². The summed E-state index contributed by atoms with van der Waals surface area (Å²) in [5.74, 6) is -2.32. The largest absolute Gasteiger partial charge is 0.868 e. The average molecular weight is 127 g/mol. The van der Waals surface area contributed by atoms with Crippen LogP contribution in [0.15, 0.2) is 24.0 Å². The van der Waals surface area contributed by atoms with Gasteiger partial charge in [0.15, 0.2) is 0 Å². The van der Waals surface area contributed by atoms with Crippen molar-refractivity contribution in [3.63, 3.8) is 0 Å². The summed E-state index contributed by atoms with van der Waals surface area (Å²) in [6.45, 7) is 1.70. The summed E-state index contributed by atoms with van der Waals surface area (Å²) in [6.07, 6.45) is 3.97. The number of carbonyl (C=O) groups is 1. The summed E-state index contributed by atoms with van der Waals surface area (Å²) >= 11 is 0. The molecule has 3 heteroatoms. The predicted molar refractivity (Wildman–Crippen MR) is 30.5 cm³/mol. The zero-order valence-corrected chi connectivity index (χ0v) is 5.00. The van der Waals surface area contributed by atoms with E-state index >= 15 is 0 Å². The Labute approximate surface area is 52.9 Å². The van der Waals surface area contributed by atoms with Crippen molar-refractivity contribution in [2.45, 2.75) is 6.92 Å². The van der Waals surface area contributed by atoms with Crippen molar-refractivity contribution in [2.75, 3.05) is 0 Å². The van der Waals surface area contributed by atoms with Crippen molar-refractivity contribution in [3.05, 3.63) is 24.0 Å². The normalized spacial score (nSPS) is 12.3. The van der Waals surface area contributed by atoms with E-state index in [2.05, 4.69) is 0 Å². The van der Waals surface area contributed by atoms with Crippen molar-refractivity contribution in [1.29, 1.82) is 0 Å². The Hall–Kier alpha value is -1.25. The molecule has 0 fully saturated rings. The van der Waals surface area contributed by atoms with E-state index in [0.717, 1.165) is 6.08 Å². The molecule has 0 unspecified atom stereocenters. The first-order valence-corrected chi connectivity index (χ1v) is 2.41. The van der Waals surface area contributed by atoms with Crippen LogP contribution in [0.3, 0.4) is 0 Å². The van der Waals surface area contributed by atoms with E-state index in [9.17, 15) is 9.90 Å². The Balaban J connectivity index is 4.00. The molecular weight excluding hydrogens is 120 g/mol. The molecular formula is C6H7O3-. The highest BCUT2D eigenvalue weighted by molar-refractivity contribution is 5.83. The van der Waals surface area contributed by atoms with Gasteiger partial charge in [0, 0.05) is 0 Å². The zero-order valence-electron chi connectivity index (χ0n) is 5.00. The van der Waals surface area contributed by atoms with Gasteiger partial charge in [0.1, 0.15) is 0 Å². The van der Waals surface area contributed by atoms with Gasteiger partial charge in [-0.2, -0.15) is 0 Å². The lowest BCUT2D eigenvalue weighted by atomic mass is 10.4. The highest BCUT2D eigenvalue weighted by Crippen LogP contribution is 1.82. The number of rotatable bonds is 2. The van der Waals surface area contributed by atoms with Gasteiger partial charge in [0.2, 0.25) is 0 Å². The third-order valence-electron chi connectivity index (χ3n) is 0.651. The van der Waals surface area contributed by atoms with E-state index in [0.29, 0.717) is 0 Å². The van der Waals surface area contributed by atoms with Crippen molar-refractivity contribution in [3.8, 4) is 0 Å². The fourth-order valence-electron chi connectivity index (χ4n) is 0.255. The van der Waals surface area contributed by atoms with Gasteiger partial charge in [-0.1, -0.05) is 18.2 Å². The van der Waals surface area contributed by atoms with Gasteiger partial charge in [-0.05, 0) is 12.7 Å². The van der Waals surface area contributed by atoms with Crippen LogP contribution in [-0.2, 0) is 4.79 Å². The first-order valence-electron chi connectivity index (χ1n) is 2.41. The second-order valence-electron chi connectivity index (χ2n) is 1.36. The number of allylic oxidation sites excluding steroid dienone is 3. The van der Waals surface area contributed by atoms with Crippen molar-refractivity contribution in [1.82, 2.24) is 0 Å². The molecule has 0 spiro atoms. The topological polar surface area (TPSA) is 60.4 Å². The molecule has 9 heavy (non-hydrogen) atoms. The SMILES string of the molecule is C/C=C\C=C(/[O-])C(=O)O. The highest BCUT2D eigenvalue weighted by Gasteiger charge is 1.87. The van der Waals surface area contributed by atoms with E-state index < -0.39 is 11.7 Å². The third-order valence-corrected chi connectivity index (χ3v) is 0.651. The molecule has 1 N–H and O–H groups in total. The number of carboxylic acid groups (broad SMARTS) is 1. The molecule has 0 rings (SSSR count). The summed E-state index contributed by atoms with van der Waals surface area (Å²) in [4.78, 5) is 9.79. The van der Waals surface area contributed by atoms with Crippen LogP contribution in [0.2, 0.25) is 0 Å². The molecule has 0 saturated heterocycles. The number of hydrogen-bond acceptors (Lipinski definition) is 2. The number of hydrogen-bond donors (Lipinski definition) is 1. The Morgan fingerprint density at radius 1 is 1.67 bits per heavy atom. The van der Waals surface area contributed by atoms with Crippen LogP contribution in [0.25, 0.3) is 0 Å². The summed E-state index contributed by atoms with van der Waals surface area (Å²) in [6, 6.07) is 0. The van der Waals surface area contributed by atoms with Gasteiger partial charge >= 0.3 is 5.97 Å². The van der Waals surface area contributed by atoms with E-state index in [1.807, 2.05) is 0 Å². The summed E-state index contributed by atoms with van der Waals surface area (Å²) in [5.41, 5.74) is 0. The monoisotopic (exact) mass is 127 g/mol. The van der Waals surface area contributed by atoms with Crippen LogP contribution in [-0.4, -0.2) is 11.1 Å². The number of carboxylic acids is 1. The van der Waals surface area contributed by atoms with Gasteiger partial charge in [0.25, 0.3) is 0 Å². The molecule has 0 radical (unpaired) electrons. The molecule has 0 saturated carbocycles. The molecule has 0 aliphatic carbocycles. The van der Waals surface area contributed by atoms with Gasteiger partial charge < -0.3 is 10.2 Å². The predicted octanol–water partition coefficient (Wildman–Crippen LogP) is -0.109. The van der Waals surface area contributed by atoms with Crippen LogP contribution in [0.4, 0.5) is 0 Å². The fourth-order valence-corrected chi connectivity index (χ4v) is 0.255. The lowest BCUT2D eigenvalue weighted by molar-refractivity contribution is -0.302. The van der Waals surface area contributed by atoms with Crippen LogP contribution in [0.1, 0.15) is 6.92 Å². The first-order chi connectivity index (χ1) is 4.18. The van der Waals surface area contributed by atoms with E-state index in [1.54, 1.807) is 13.0 Å². The molecule has 50 valence electrons. The molecule has 0 bridgehead atoms. The molecule has 0 aliphatic rings. The summed E-state index contributed by atoms with van der Waals surface area (Å²) in [5, 5.41) is 18.2. The van der Waals surface area contributed by atoms with Crippen molar-refractivity contribution >= 4 is 5.97 Å². The second kappa shape index (κ2) is 3.72. The van der Waals surface area contributed by atoms with Crippen LogP contribution >= 0.6 is 0 Å². The molecule has 3 nitrogen and oxygen atoms in total. The lowest BCUT2D eigenvalue weighted by Gasteiger charge is -2.00. The molecule has 0 aromatic heterocycles. The van der Waals surface area contributed by atoms with E-state index in [4.69, 9.17) is 5.11 Å². The van der Waals surface area contributed by atoms with Crippen LogP contribution in [0, 0.1) is 0 Å². The Morgan fingerprint density at radius 3 is 2.56 bits per heavy atom. The Bertz CT molecular complexity index is 156. The smallest absolute Gasteiger partial charge is 0.320 e. The minimum absolute atomic E-state index is 0.895. The van der Waals surface area contributed by atoms with Crippen molar-refractivity contribution in [2.24, 2.45) is 0 Å². The maximum Gasteiger partial charge on any atom is 0.320 e. The molecule has 0 aromatic rings. The van der Waals surface area contributed by atoms with Crippen molar-refractivity contribution < 1.29 is 15.0 Å².